The predicted octanol–water partition coefficient (Wildman–Crippen LogP) is 3.65. The molecule has 0 saturated heterocycles. The maximum atomic E-state index is 13.0. The summed E-state index contributed by atoms with van der Waals surface area (Å²) in [6.45, 7) is 7.91. The van der Waals surface area contributed by atoms with Gasteiger partial charge in [0.05, 0.1) is 29.9 Å². The van der Waals surface area contributed by atoms with Crippen LogP contribution < -0.4 is 0 Å². The molecule has 0 amide bonds. The number of aryl methyl sites for hydroxylation is 1. The molecule has 3 aromatic heterocycles. The van der Waals surface area contributed by atoms with E-state index in [0.29, 0.717) is 45.8 Å². The molecule has 0 radical (unpaired) electrons. The minimum absolute atomic E-state index is 0.119. The Kier molecular flexibility index (Phi) is 5.73. The zero-order valence-electron chi connectivity index (χ0n) is 16.4. The van der Waals surface area contributed by atoms with Crippen molar-refractivity contribution in [3.8, 4) is 11.6 Å². The lowest BCUT2D eigenvalue weighted by atomic mass is 10.1. The van der Waals surface area contributed by atoms with Gasteiger partial charge in [0.25, 0.3) is 0 Å². The third-order valence-electron chi connectivity index (χ3n) is 4.50. The van der Waals surface area contributed by atoms with Gasteiger partial charge in [-0.2, -0.15) is 0 Å². The van der Waals surface area contributed by atoms with E-state index in [0.717, 1.165) is 0 Å². The van der Waals surface area contributed by atoms with Crippen LogP contribution in [0.3, 0.4) is 0 Å². The van der Waals surface area contributed by atoms with Gasteiger partial charge in [-0.25, -0.2) is 4.79 Å². The first-order valence-corrected chi connectivity index (χ1v) is 9.72. The van der Waals surface area contributed by atoms with Crippen molar-refractivity contribution in [1.82, 2.24) is 19.7 Å². The number of carbonyl (C=O) groups is 2. The van der Waals surface area contributed by atoms with Crippen molar-refractivity contribution in [2.45, 2.75) is 44.6 Å². The normalized spacial score (nSPS) is 12.2. The Morgan fingerprint density at radius 1 is 1.36 bits per heavy atom. The second-order valence-electron chi connectivity index (χ2n) is 6.27. The number of rotatable bonds is 7. The topological polar surface area (TPSA) is 103 Å². The molecule has 0 aliphatic rings. The summed E-state index contributed by atoms with van der Waals surface area (Å²) in [6.07, 6.45) is 1.58. The minimum atomic E-state index is -0.459. The van der Waals surface area contributed by atoms with E-state index >= 15 is 0 Å². The van der Waals surface area contributed by atoms with Gasteiger partial charge < -0.3 is 14.1 Å². The van der Waals surface area contributed by atoms with E-state index in [1.165, 1.54) is 18.9 Å². The van der Waals surface area contributed by atoms with Crippen LogP contribution in [0.5, 0.6) is 0 Å². The number of methoxy groups -OCH3 is 1. The standard InChI is InChI=1S/C19H22N4O4S/c1-6-23-17(13-8-7-9-27-13)21-22-19(23)28-12(4)16(24)15-10(2)14(11(3)20-15)18(25)26-5/h7-9,12,20H,6H2,1-5H3/t12-/m0/s1. The molecule has 0 bridgehead atoms. The van der Waals surface area contributed by atoms with Crippen LogP contribution in [0.1, 0.15) is 46.0 Å². The number of hydrogen-bond acceptors (Lipinski definition) is 7. The van der Waals surface area contributed by atoms with Gasteiger partial charge in [0.15, 0.2) is 22.5 Å². The number of Topliss-reactive ketones (excluding diaryl/α,β-unsaturated/α-hetero) is 1. The lowest BCUT2D eigenvalue weighted by Gasteiger charge is -2.11. The van der Waals surface area contributed by atoms with Gasteiger partial charge in [-0.3, -0.25) is 9.36 Å². The van der Waals surface area contributed by atoms with Gasteiger partial charge in [-0.05, 0) is 45.4 Å². The van der Waals surface area contributed by atoms with Gasteiger partial charge >= 0.3 is 5.97 Å². The first kappa shape index (κ1) is 19.9. The number of ether oxygens (including phenoxy) is 1. The summed E-state index contributed by atoms with van der Waals surface area (Å²) in [6, 6.07) is 3.61. The second kappa shape index (κ2) is 8.05. The van der Waals surface area contributed by atoms with E-state index in [1.807, 2.05) is 24.5 Å². The van der Waals surface area contributed by atoms with E-state index < -0.39 is 11.2 Å². The van der Waals surface area contributed by atoms with E-state index in [2.05, 4.69) is 15.2 Å². The summed E-state index contributed by atoms with van der Waals surface area (Å²) in [5.41, 5.74) is 2.02. The minimum Gasteiger partial charge on any atom is -0.465 e. The van der Waals surface area contributed by atoms with Crippen LogP contribution in [0.2, 0.25) is 0 Å². The number of aromatic nitrogens is 4. The molecular formula is C19H22N4O4S. The molecule has 28 heavy (non-hydrogen) atoms. The van der Waals surface area contributed by atoms with Crippen molar-refractivity contribution >= 4 is 23.5 Å². The Labute approximate surface area is 166 Å². The Bertz CT molecular complexity index is 1000. The average molecular weight is 402 g/mol. The van der Waals surface area contributed by atoms with Crippen LogP contribution in [0.15, 0.2) is 28.0 Å². The lowest BCUT2D eigenvalue weighted by Crippen LogP contribution is -2.16. The molecule has 0 spiro atoms. The molecule has 1 N–H and O–H groups in total. The molecule has 148 valence electrons. The molecule has 0 aliphatic heterocycles. The largest absolute Gasteiger partial charge is 0.465 e. The summed E-state index contributed by atoms with van der Waals surface area (Å²) < 4.78 is 12.1. The fourth-order valence-corrected chi connectivity index (χ4v) is 4.04. The van der Waals surface area contributed by atoms with E-state index in [4.69, 9.17) is 9.15 Å². The Hall–Kier alpha value is -2.81. The SMILES string of the molecule is CCn1c(S[C@@H](C)C(=O)c2[nH]c(C)c(C(=O)OC)c2C)nnc1-c1ccco1. The maximum absolute atomic E-state index is 13.0. The Morgan fingerprint density at radius 2 is 2.11 bits per heavy atom. The molecule has 3 aromatic rings. The van der Waals surface area contributed by atoms with Crippen molar-refractivity contribution in [1.29, 1.82) is 0 Å². The van der Waals surface area contributed by atoms with Gasteiger partial charge in [0.1, 0.15) is 0 Å². The average Bonchev–Trinajstić information content (AvgIpc) is 3.39. The van der Waals surface area contributed by atoms with Gasteiger partial charge in [-0.15, -0.1) is 10.2 Å². The van der Waals surface area contributed by atoms with E-state index in [9.17, 15) is 9.59 Å². The Morgan fingerprint density at radius 3 is 2.71 bits per heavy atom. The molecule has 0 aromatic carbocycles. The first-order chi connectivity index (χ1) is 13.4. The highest BCUT2D eigenvalue weighted by Gasteiger charge is 2.27. The number of H-pyrrole nitrogens is 1. The van der Waals surface area contributed by atoms with E-state index in [1.54, 1.807) is 26.2 Å². The molecule has 1 atom stereocenters. The number of carbonyl (C=O) groups excluding carboxylic acids is 2. The third kappa shape index (κ3) is 3.49. The molecule has 9 heteroatoms. The maximum Gasteiger partial charge on any atom is 0.339 e. The number of esters is 1. The number of aromatic amines is 1. The summed E-state index contributed by atoms with van der Waals surface area (Å²) in [7, 11) is 1.32. The van der Waals surface area contributed by atoms with Crippen molar-refractivity contribution < 1.29 is 18.7 Å². The highest BCUT2D eigenvalue weighted by Crippen LogP contribution is 2.30. The van der Waals surface area contributed by atoms with Crippen LogP contribution in [0, 0.1) is 13.8 Å². The summed E-state index contributed by atoms with van der Waals surface area (Å²) in [4.78, 5) is 28.0. The van der Waals surface area contributed by atoms with Crippen LogP contribution >= 0.6 is 11.8 Å². The molecule has 0 saturated carbocycles. The number of nitrogens with zero attached hydrogens (tertiary/aromatic N) is 3. The highest BCUT2D eigenvalue weighted by molar-refractivity contribution is 8.00. The van der Waals surface area contributed by atoms with Crippen molar-refractivity contribution in [3.63, 3.8) is 0 Å². The Balaban J connectivity index is 1.85. The molecule has 3 rings (SSSR count). The van der Waals surface area contributed by atoms with Crippen LogP contribution in [-0.4, -0.2) is 43.9 Å². The van der Waals surface area contributed by atoms with Crippen molar-refractivity contribution in [2.24, 2.45) is 0 Å². The highest BCUT2D eigenvalue weighted by atomic mass is 32.2. The zero-order valence-corrected chi connectivity index (χ0v) is 17.2. The molecule has 0 unspecified atom stereocenters. The van der Waals surface area contributed by atoms with Crippen molar-refractivity contribution in [2.75, 3.05) is 7.11 Å². The summed E-state index contributed by atoms with van der Waals surface area (Å²) in [5.74, 6) is 0.665. The molecule has 3 heterocycles. The van der Waals surface area contributed by atoms with Crippen LogP contribution in [0.4, 0.5) is 0 Å². The second-order valence-corrected chi connectivity index (χ2v) is 7.58. The quantitative estimate of drug-likeness (QED) is 0.365. The number of ketones is 1. The van der Waals surface area contributed by atoms with Gasteiger partial charge in [0.2, 0.25) is 0 Å². The summed E-state index contributed by atoms with van der Waals surface area (Å²) >= 11 is 1.32. The van der Waals surface area contributed by atoms with Crippen LogP contribution in [-0.2, 0) is 11.3 Å². The number of hydrogen-bond donors (Lipinski definition) is 1. The fraction of sp³-hybridized carbons (Fsp3) is 0.368. The molecule has 0 aliphatic carbocycles. The molecule has 8 nitrogen and oxygen atoms in total. The van der Waals surface area contributed by atoms with Crippen molar-refractivity contribution in [3.05, 3.63) is 40.9 Å². The summed E-state index contributed by atoms with van der Waals surface area (Å²) in [5, 5.41) is 8.63. The van der Waals surface area contributed by atoms with Gasteiger partial charge in [0, 0.05) is 12.2 Å². The first-order valence-electron chi connectivity index (χ1n) is 8.84. The molecule has 0 fully saturated rings. The van der Waals surface area contributed by atoms with Gasteiger partial charge in [-0.1, -0.05) is 11.8 Å². The van der Waals surface area contributed by atoms with Crippen LogP contribution in [0.25, 0.3) is 11.6 Å². The fourth-order valence-electron chi connectivity index (χ4n) is 3.07. The monoisotopic (exact) mass is 402 g/mol. The number of nitrogens with one attached hydrogen (secondary N) is 1. The molecular weight excluding hydrogens is 380 g/mol. The van der Waals surface area contributed by atoms with E-state index in [-0.39, 0.29) is 5.78 Å². The lowest BCUT2D eigenvalue weighted by molar-refractivity contribution is 0.0599. The number of thioether (sulfide) groups is 1. The predicted molar refractivity (Wildman–Crippen MR) is 105 cm³/mol. The third-order valence-corrected chi connectivity index (χ3v) is 5.58. The zero-order chi connectivity index (χ0) is 20.4. The smallest absolute Gasteiger partial charge is 0.339 e. The number of furan rings is 1.